The molecule has 10 rings (SSSR count). The zero-order valence-corrected chi connectivity index (χ0v) is 39.0. The lowest BCUT2D eigenvalue weighted by molar-refractivity contribution is -0.136. The first kappa shape index (κ1) is 46.1. The highest BCUT2D eigenvalue weighted by Crippen LogP contribution is 2.48. The monoisotopic (exact) mass is 949 g/mol. The van der Waals surface area contributed by atoms with Crippen LogP contribution in [0.1, 0.15) is 120 Å². The fourth-order valence-electron chi connectivity index (χ4n) is 10.4. The van der Waals surface area contributed by atoms with Gasteiger partial charge in [0, 0.05) is 68.2 Å². The van der Waals surface area contributed by atoms with Crippen molar-refractivity contribution < 1.29 is 37.2 Å². The number of ether oxygens (including phenoxy) is 1. The molecule has 1 aliphatic carbocycles. The number of anilines is 2. The smallest absolute Gasteiger partial charge is 0.410 e. The molecule has 8 heterocycles. The Bertz CT molecular complexity index is 2740. The van der Waals surface area contributed by atoms with Crippen LogP contribution in [0.2, 0.25) is 0 Å². The molecule has 0 spiro atoms. The predicted molar refractivity (Wildman–Crippen MR) is 247 cm³/mol. The molecular formula is C48H57F2N13O6. The van der Waals surface area contributed by atoms with E-state index in [9.17, 15) is 19.2 Å². The minimum Gasteiger partial charge on any atom is -0.439 e. The van der Waals surface area contributed by atoms with Crippen LogP contribution in [0.3, 0.4) is 0 Å². The minimum absolute atomic E-state index is 0.0585. The van der Waals surface area contributed by atoms with Crippen LogP contribution in [0, 0.1) is 11.6 Å². The Labute approximate surface area is 396 Å². The number of nitrogens with zero attached hydrogens (tertiary/aromatic N) is 10. The van der Waals surface area contributed by atoms with E-state index in [1.165, 1.54) is 18.5 Å². The third kappa shape index (κ3) is 9.44. The number of likely N-dealkylation sites (tertiary alicyclic amines) is 3. The summed E-state index contributed by atoms with van der Waals surface area (Å²) in [6.07, 6.45) is 11.0. The Morgan fingerprint density at radius 2 is 1.51 bits per heavy atom. The molecule has 0 radical (unpaired) electrons. The van der Waals surface area contributed by atoms with Gasteiger partial charge < -0.3 is 35.0 Å². The summed E-state index contributed by atoms with van der Waals surface area (Å²) in [6.45, 7) is 9.10. The summed E-state index contributed by atoms with van der Waals surface area (Å²) in [4.78, 5) is 74.1. The summed E-state index contributed by atoms with van der Waals surface area (Å²) >= 11 is 0. The molecule has 0 bridgehead atoms. The molecule has 1 saturated carbocycles. The molecule has 1 unspecified atom stereocenters. The fourth-order valence-corrected chi connectivity index (χ4v) is 10.4. The molecule has 1 aromatic carbocycles. The van der Waals surface area contributed by atoms with Gasteiger partial charge in [-0.2, -0.15) is 5.10 Å². The van der Waals surface area contributed by atoms with Crippen LogP contribution >= 0.6 is 0 Å². The number of hydrogen-bond donors (Lipinski definition) is 3. The number of carbonyl (C=O) groups excluding carboxylic acids is 4. The molecule has 5 aromatic rings. The molecule has 19 nitrogen and oxygen atoms in total. The minimum atomic E-state index is -0.738. The van der Waals surface area contributed by atoms with Crippen molar-refractivity contribution in [3.8, 4) is 22.8 Å². The van der Waals surface area contributed by atoms with Crippen molar-refractivity contribution in [2.24, 2.45) is 0 Å². The van der Waals surface area contributed by atoms with Crippen LogP contribution in [0.25, 0.3) is 33.8 Å². The van der Waals surface area contributed by atoms with E-state index in [-0.39, 0.29) is 66.3 Å². The van der Waals surface area contributed by atoms with Crippen molar-refractivity contribution in [1.82, 2.24) is 54.9 Å². The van der Waals surface area contributed by atoms with E-state index >= 15 is 8.78 Å². The Balaban J connectivity index is 0.681. The van der Waals surface area contributed by atoms with Gasteiger partial charge in [0.25, 0.3) is 5.91 Å². The third-order valence-corrected chi connectivity index (χ3v) is 14.4. The second-order valence-corrected chi connectivity index (χ2v) is 20.0. The van der Waals surface area contributed by atoms with Gasteiger partial charge in [-0.15, -0.1) is 0 Å². The van der Waals surface area contributed by atoms with Crippen LogP contribution in [0.15, 0.2) is 35.4 Å². The van der Waals surface area contributed by atoms with E-state index in [0.717, 1.165) is 37.0 Å². The van der Waals surface area contributed by atoms with Gasteiger partial charge >= 0.3 is 6.09 Å². The lowest BCUT2D eigenvalue weighted by atomic mass is 9.87. The van der Waals surface area contributed by atoms with Crippen LogP contribution in [-0.2, 0) is 24.7 Å². The number of nitrogen functional groups attached to an aromatic ring is 1. The van der Waals surface area contributed by atoms with Crippen molar-refractivity contribution in [1.29, 1.82) is 0 Å². The summed E-state index contributed by atoms with van der Waals surface area (Å²) in [5.41, 5.74) is 9.46. The lowest BCUT2D eigenvalue weighted by Crippen LogP contribution is -2.49. The van der Waals surface area contributed by atoms with Crippen LogP contribution in [0.5, 0.6) is 0 Å². The summed E-state index contributed by atoms with van der Waals surface area (Å²) in [5, 5.41) is 15.1. The van der Waals surface area contributed by atoms with Gasteiger partial charge in [0.05, 0.1) is 16.5 Å². The van der Waals surface area contributed by atoms with E-state index in [1.807, 2.05) is 37.8 Å². The molecule has 21 heteroatoms. The van der Waals surface area contributed by atoms with Crippen molar-refractivity contribution >= 4 is 46.4 Å². The largest absolute Gasteiger partial charge is 0.439 e. The lowest BCUT2D eigenvalue weighted by Gasteiger charge is -2.42. The molecular weight excluding hydrogens is 893 g/mol. The summed E-state index contributed by atoms with van der Waals surface area (Å²) in [6, 6.07) is 1.94. The van der Waals surface area contributed by atoms with Gasteiger partial charge in [0.15, 0.2) is 23.8 Å². The maximum absolute atomic E-state index is 15.3. The molecule has 1 atom stereocenters. The zero-order chi connectivity index (χ0) is 48.1. The average Bonchev–Trinajstić information content (AvgIpc) is 3.96. The number of hydrogen-bond acceptors (Lipinski definition) is 15. The number of nitrogens with one attached hydrogen (secondary N) is 2. The Kier molecular flexibility index (Phi) is 12.5. The van der Waals surface area contributed by atoms with Crippen molar-refractivity contribution in [2.75, 3.05) is 56.9 Å². The van der Waals surface area contributed by atoms with Crippen molar-refractivity contribution in [3.05, 3.63) is 59.4 Å². The number of halogens is 2. The highest BCUT2D eigenvalue weighted by Gasteiger charge is 2.38. The Morgan fingerprint density at radius 3 is 2.16 bits per heavy atom. The first-order valence-electron chi connectivity index (χ1n) is 24.0. The first-order chi connectivity index (χ1) is 33.2. The van der Waals surface area contributed by atoms with Gasteiger partial charge in [0.1, 0.15) is 41.2 Å². The van der Waals surface area contributed by atoms with Crippen LogP contribution < -0.4 is 16.4 Å². The Morgan fingerprint density at radius 1 is 0.841 bits per heavy atom. The quantitative estimate of drug-likeness (QED) is 0.140. The van der Waals surface area contributed by atoms with E-state index in [2.05, 4.69) is 30.7 Å². The van der Waals surface area contributed by atoms with E-state index < -0.39 is 35.2 Å². The van der Waals surface area contributed by atoms with E-state index in [0.29, 0.717) is 105 Å². The number of rotatable bonds is 10. The molecule has 4 aromatic heterocycles. The molecule has 4 aliphatic heterocycles. The SMILES string of the molecule is CC(C)(C)n1nc(-c2noc(C3CC3)c2-c2ncc(C3CCN(C(=O)OCC(=O)N4CCC(N5CCC(c6c(F)cc(NC7CCC(=O)NC7=O)cc6F)CC5)CC4)CC3)cn2)c2c(N)ncnc21. The van der Waals surface area contributed by atoms with Gasteiger partial charge in [-0.3, -0.25) is 19.7 Å². The maximum Gasteiger partial charge on any atom is 0.410 e. The zero-order valence-electron chi connectivity index (χ0n) is 39.0. The predicted octanol–water partition coefficient (Wildman–Crippen LogP) is 5.83. The highest BCUT2D eigenvalue weighted by atomic mass is 19.1. The summed E-state index contributed by atoms with van der Waals surface area (Å²) in [5.74, 6) is -0.886. The van der Waals surface area contributed by atoms with E-state index in [4.69, 9.17) is 30.1 Å². The Hall–Kier alpha value is -6.64. The topological polar surface area (TPSA) is 233 Å². The normalized spacial score (nSPS) is 20.4. The number of fused-ring (bicyclic) bond motifs is 1. The van der Waals surface area contributed by atoms with Crippen LogP contribution in [0.4, 0.5) is 25.1 Å². The van der Waals surface area contributed by atoms with Gasteiger partial charge in [-0.25, -0.2) is 38.2 Å². The highest BCUT2D eigenvalue weighted by molar-refractivity contribution is 6.02. The number of benzene rings is 1. The molecule has 5 aliphatic rings. The van der Waals surface area contributed by atoms with Crippen molar-refractivity contribution in [3.63, 3.8) is 0 Å². The molecule has 4 N–H and O–H groups in total. The number of amides is 4. The molecule has 4 saturated heterocycles. The number of piperidine rings is 4. The van der Waals surface area contributed by atoms with Gasteiger partial charge in [-0.05, 0) is 121 Å². The molecule has 69 heavy (non-hydrogen) atoms. The molecule has 5 fully saturated rings. The maximum atomic E-state index is 15.3. The average molecular weight is 950 g/mol. The second kappa shape index (κ2) is 18.7. The van der Waals surface area contributed by atoms with Crippen LogP contribution in [-0.4, -0.2) is 131 Å². The van der Waals surface area contributed by atoms with Gasteiger partial charge in [0.2, 0.25) is 11.8 Å². The number of aromatic nitrogens is 7. The van der Waals surface area contributed by atoms with E-state index in [1.54, 1.807) is 9.80 Å². The van der Waals surface area contributed by atoms with Gasteiger partial charge in [-0.1, -0.05) is 5.16 Å². The second-order valence-electron chi connectivity index (χ2n) is 20.0. The number of carbonyl (C=O) groups is 4. The standard InChI is InChI=1S/C48H57F2N13O6/c1-48(2,3)63-45-39(43(51)54-25-55-45)40(58-63)41-38(42(69-59-41)28-4-5-28)44-52-22-29(23-53-44)26-8-16-62(17-9-26)47(67)68-24-36(65)61-18-12-31(13-19-61)60-14-10-27(11-15-60)37-32(49)20-30(21-33(37)50)56-34-6-7-35(64)57-46(34)66/h20-23,25-28,31,34,56H,4-19,24H2,1-3H3,(H2,51,54,55)(H,57,64,66). The van der Waals surface area contributed by atoms with Crippen molar-refractivity contribution in [2.45, 2.75) is 120 Å². The first-order valence-corrected chi connectivity index (χ1v) is 24.0. The number of imide groups is 1. The summed E-state index contributed by atoms with van der Waals surface area (Å²) in [7, 11) is 0. The number of nitrogens with two attached hydrogens (primary N) is 1. The third-order valence-electron chi connectivity index (χ3n) is 14.4. The molecule has 4 amide bonds. The molecule has 364 valence electrons. The fraction of sp³-hybridized carbons (Fsp3) is 0.542. The summed E-state index contributed by atoms with van der Waals surface area (Å²) < 4.78 is 44.0.